The zero-order valence-electron chi connectivity index (χ0n) is 13.8. The molecule has 1 heterocycles. The highest BCUT2D eigenvalue weighted by Gasteiger charge is 2.19. The van der Waals surface area contributed by atoms with E-state index in [1.807, 2.05) is 41.8 Å². The number of carbonyl (C=O) groups excluding carboxylic acids is 1. The van der Waals surface area contributed by atoms with Crippen LogP contribution in [-0.2, 0) is 4.79 Å². The molecule has 5 nitrogen and oxygen atoms in total. The quantitative estimate of drug-likeness (QED) is 0.706. The molecular formula is C18H17FN4OS. The lowest BCUT2D eigenvalue weighted by atomic mass is 10.2. The Bertz CT molecular complexity index is 882. The van der Waals surface area contributed by atoms with Crippen molar-refractivity contribution in [1.82, 2.24) is 14.8 Å². The molecule has 1 amide bonds. The summed E-state index contributed by atoms with van der Waals surface area (Å²) in [5, 5.41) is 11.0. The second kappa shape index (κ2) is 7.48. The van der Waals surface area contributed by atoms with Gasteiger partial charge in [0.2, 0.25) is 5.91 Å². The third-order valence-corrected chi connectivity index (χ3v) is 4.72. The summed E-state index contributed by atoms with van der Waals surface area (Å²) in [5.41, 5.74) is 2.20. The molecule has 1 N–H and O–H groups in total. The number of carbonyl (C=O) groups is 1. The van der Waals surface area contributed by atoms with Crippen LogP contribution < -0.4 is 5.32 Å². The number of amides is 1. The number of benzene rings is 2. The van der Waals surface area contributed by atoms with Crippen molar-refractivity contribution in [3.05, 3.63) is 66.2 Å². The number of hydrogen-bond donors (Lipinski definition) is 1. The predicted molar refractivity (Wildman–Crippen MR) is 96.4 cm³/mol. The minimum Gasteiger partial charge on any atom is -0.325 e. The van der Waals surface area contributed by atoms with E-state index in [1.165, 1.54) is 23.9 Å². The lowest BCUT2D eigenvalue weighted by Crippen LogP contribution is -2.23. The molecule has 0 saturated carbocycles. The van der Waals surface area contributed by atoms with Gasteiger partial charge in [0.05, 0.1) is 5.25 Å². The van der Waals surface area contributed by atoms with Gasteiger partial charge < -0.3 is 5.32 Å². The van der Waals surface area contributed by atoms with Gasteiger partial charge in [-0.25, -0.2) is 4.39 Å². The molecule has 3 rings (SSSR count). The van der Waals surface area contributed by atoms with Crippen LogP contribution in [0.2, 0.25) is 0 Å². The van der Waals surface area contributed by atoms with Crippen LogP contribution in [0, 0.1) is 12.7 Å². The zero-order valence-corrected chi connectivity index (χ0v) is 14.6. The minimum absolute atomic E-state index is 0.221. The standard InChI is InChI=1S/C18H17FN4OS/c1-12-8-9-14(19)10-16(12)21-17(24)13(2)25-18-22-20-11-23(18)15-6-4-3-5-7-15/h3-11,13H,1-2H3,(H,21,24). The van der Waals surface area contributed by atoms with Crippen molar-refractivity contribution in [3.63, 3.8) is 0 Å². The van der Waals surface area contributed by atoms with Crippen LogP contribution in [0.25, 0.3) is 5.69 Å². The van der Waals surface area contributed by atoms with Crippen molar-refractivity contribution in [1.29, 1.82) is 0 Å². The summed E-state index contributed by atoms with van der Waals surface area (Å²) >= 11 is 1.29. The summed E-state index contributed by atoms with van der Waals surface area (Å²) in [6.07, 6.45) is 1.61. The highest BCUT2D eigenvalue weighted by atomic mass is 32.2. The minimum atomic E-state index is -0.422. The fraction of sp³-hybridized carbons (Fsp3) is 0.167. The van der Waals surface area contributed by atoms with Gasteiger partial charge in [0, 0.05) is 11.4 Å². The molecule has 0 aliphatic carbocycles. The maximum Gasteiger partial charge on any atom is 0.237 e. The number of anilines is 1. The molecule has 0 bridgehead atoms. The maximum atomic E-state index is 13.4. The highest BCUT2D eigenvalue weighted by molar-refractivity contribution is 8.00. The third-order valence-electron chi connectivity index (χ3n) is 3.66. The molecule has 3 aromatic rings. The number of rotatable bonds is 5. The topological polar surface area (TPSA) is 59.8 Å². The molecular weight excluding hydrogens is 339 g/mol. The number of nitrogens with one attached hydrogen (secondary N) is 1. The van der Waals surface area contributed by atoms with Crippen LogP contribution in [-0.4, -0.2) is 25.9 Å². The van der Waals surface area contributed by atoms with Crippen molar-refractivity contribution < 1.29 is 9.18 Å². The largest absolute Gasteiger partial charge is 0.325 e. The van der Waals surface area contributed by atoms with Gasteiger partial charge in [-0.2, -0.15) is 0 Å². The fourth-order valence-electron chi connectivity index (χ4n) is 2.25. The molecule has 1 unspecified atom stereocenters. The molecule has 0 radical (unpaired) electrons. The summed E-state index contributed by atoms with van der Waals surface area (Å²) in [5.74, 6) is -0.605. The number of thioether (sulfide) groups is 1. The molecule has 0 aliphatic heterocycles. The number of nitrogens with zero attached hydrogens (tertiary/aromatic N) is 3. The van der Waals surface area contributed by atoms with Crippen molar-refractivity contribution in [3.8, 4) is 5.69 Å². The molecule has 7 heteroatoms. The Kier molecular flexibility index (Phi) is 5.14. The van der Waals surface area contributed by atoms with Gasteiger partial charge in [0.1, 0.15) is 12.1 Å². The monoisotopic (exact) mass is 356 g/mol. The second-order valence-corrected chi connectivity index (χ2v) is 6.84. The van der Waals surface area contributed by atoms with Gasteiger partial charge in [-0.1, -0.05) is 36.0 Å². The normalized spacial score (nSPS) is 12.0. The smallest absolute Gasteiger partial charge is 0.237 e. The van der Waals surface area contributed by atoms with Crippen molar-refractivity contribution in [2.75, 3.05) is 5.32 Å². The van der Waals surface area contributed by atoms with E-state index in [0.29, 0.717) is 10.8 Å². The van der Waals surface area contributed by atoms with E-state index in [9.17, 15) is 9.18 Å². The van der Waals surface area contributed by atoms with Crippen LogP contribution >= 0.6 is 11.8 Å². The SMILES string of the molecule is Cc1ccc(F)cc1NC(=O)C(C)Sc1nncn1-c1ccccc1. The van der Waals surface area contributed by atoms with Crippen LogP contribution in [0.3, 0.4) is 0 Å². The molecule has 0 spiro atoms. The first-order valence-corrected chi connectivity index (χ1v) is 8.61. The lowest BCUT2D eigenvalue weighted by Gasteiger charge is -2.14. The van der Waals surface area contributed by atoms with Gasteiger partial charge in [-0.3, -0.25) is 9.36 Å². The Morgan fingerprint density at radius 2 is 2.00 bits per heavy atom. The van der Waals surface area contributed by atoms with E-state index in [2.05, 4.69) is 15.5 Å². The Labute approximate surface area is 149 Å². The van der Waals surface area contributed by atoms with Crippen molar-refractivity contribution in [2.24, 2.45) is 0 Å². The molecule has 0 fully saturated rings. The van der Waals surface area contributed by atoms with Crippen LogP contribution in [0.1, 0.15) is 12.5 Å². The van der Waals surface area contributed by atoms with Gasteiger partial charge in [-0.05, 0) is 43.7 Å². The first-order valence-electron chi connectivity index (χ1n) is 7.73. The number of aromatic nitrogens is 3. The van der Waals surface area contributed by atoms with Gasteiger partial charge in [0.15, 0.2) is 5.16 Å². The second-order valence-electron chi connectivity index (χ2n) is 5.53. The summed E-state index contributed by atoms with van der Waals surface area (Å²) in [4.78, 5) is 12.4. The van der Waals surface area contributed by atoms with Gasteiger partial charge in [-0.15, -0.1) is 10.2 Å². The Morgan fingerprint density at radius 1 is 1.24 bits per heavy atom. The number of para-hydroxylation sites is 1. The predicted octanol–water partition coefficient (Wildman–Crippen LogP) is 3.83. The van der Waals surface area contributed by atoms with E-state index < -0.39 is 5.25 Å². The summed E-state index contributed by atoms with van der Waals surface area (Å²) in [6.45, 7) is 3.59. The van der Waals surface area contributed by atoms with Crippen molar-refractivity contribution >= 4 is 23.4 Å². The number of halogens is 1. The Balaban J connectivity index is 1.73. The molecule has 0 aliphatic rings. The average molecular weight is 356 g/mol. The van der Waals surface area contributed by atoms with E-state index in [1.54, 1.807) is 19.3 Å². The highest BCUT2D eigenvalue weighted by Crippen LogP contribution is 2.25. The Morgan fingerprint density at radius 3 is 2.76 bits per heavy atom. The average Bonchev–Trinajstić information content (AvgIpc) is 3.07. The molecule has 128 valence electrons. The lowest BCUT2D eigenvalue weighted by molar-refractivity contribution is -0.115. The van der Waals surface area contributed by atoms with Crippen molar-refractivity contribution in [2.45, 2.75) is 24.3 Å². The fourth-order valence-corrected chi connectivity index (χ4v) is 3.09. The van der Waals surface area contributed by atoms with Gasteiger partial charge in [0.25, 0.3) is 0 Å². The zero-order chi connectivity index (χ0) is 17.8. The Hall–Kier alpha value is -2.67. The summed E-state index contributed by atoms with van der Waals surface area (Å²) in [7, 11) is 0. The molecule has 1 atom stereocenters. The number of aryl methyl sites for hydroxylation is 1. The molecule has 1 aromatic heterocycles. The van der Waals surface area contributed by atoms with E-state index in [4.69, 9.17) is 0 Å². The van der Waals surface area contributed by atoms with E-state index in [0.717, 1.165) is 11.3 Å². The van der Waals surface area contributed by atoms with Crippen LogP contribution in [0.5, 0.6) is 0 Å². The van der Waals surface area contributed by atoms with E-state index in [-0.39, 0.29) is 11.7 Å². The molecule has 0 saturated heterocycles. The van der Waals surface area contributed by atoms with Gasteiger partial charge >= 0.3 is 0 Å². The first kappa shape index (κ1) is 17.2. The third kappa shape index (κ3) is 4.06. The summed E-state index contributed by atoms with van der Waals surface area (Å²) in [6, 6.07) is 14.0. The summed E-state index contributed by atoms with van der Waals surface area (Å²) < 4.78 is 15.2. The molecule has 2 aromatic carbocycles. The van der Waals surface area contributed by atoms with Crippen LogP contribution in [0.15, 0.2) is 60.0 Å². The number of hydrogen-bond acceptors (Lipinski definition) is 4. The first-order chi connectivity index (χ1) is 12.0. The van der Waals surface area contributed by atoms with E-state index >= 15 is 0 Å². The molecule has 25 heavy (non-hydrogen) atoms. The maximum absolute atomic E-state index is 13.4. The van der Waals surface area contributed by atoms with Crippen LogP contribution in [0.4, 0.5) is 10.1 Å².